The summed E-state index contributed by atoms with van der Waals surface area (Å²) in [4.78, 5) is 74.3. The zero-order chi connectivity index (χ0) is 29.3. The largest absolute Gasteiger partial charge is 0.460 e. The number of carbonyl (C=O) groups is 6. The molecular formula is C28H38N4O7. The number of imide groups is 1. The van der Waals surface area contributed by atoms with E-state index >= 15 is 0 Å². The molecule has 0 saturated heterocycles. The van der Waals surface area contributed by atoms with Crippen LogP contribution in [0.2, 0.25) is 0 Å². The average molecular weight is 543 g/mol. The standard InChI is InChI=1S/C28H38N4O7/c1-7-28(5,6)27(38)39-16-19-8-10-20(11-9-19)30-25(36)18(4)29-26(37)24(17(2)3)31-21(33)14-15-32-22(34)12-13-23(32)35/h8-13,17-18,24H,7,14-16H2,1-6H3,(H,29,37)(H,30,36)(H,31,33)/t18-,24-/m0/s1. The van der Waals surface area contributed by atoms with Crippen LogP contribution in [0, 0.1) is 11.3 Å². The highest BCUT2D eigenvalue weighted by atomic mass is 16.5. The molecule has 2 rings (SSSR count). The summed E-state index contributed by atoms with van der Waals surface area (Å²) in [7, 11) is 0. The average Bonchev–Trinajstić information content (AvgIpc) is 3.21. The summed E-state index contributed by atoms with van der Waals surface area (Å²) < 4.78 is 5.37. The van der Waals surface area contributed by atoms with Gasteiger partial charge in [-0.2, -0.15) is 0 Å². The Labute approximate surface area is 228 Å². The lowest BCUT2D eigenvalue weighted by atomic mass is 9.91. The van der Waals surface area contributed by atoms with E-state index in [2.05, 4.69) is 16.0 Å². The summed E-state index contributed by atoms with van der Waals surface area (Å²) in [5.41, 5.74) is 0.706. The van der Waals surface area contributed by atoms with Crippen LogP contribution in [0.1, 0.15) is 59.9 Å². The molecule has 2 atom stereocenters. The highest BCUT2D eigenvalue weighted by Gasteiger charge is 2.29. The van der Waals surface area contributed by atoms with Crippen LogP contribution < -0.4 is 16.0 Å². The van der Waals surface area contributed by atoms with Gasteiger partial charge in [0.1, 0.15) is 18.7 Å². The lowest BCUT2D eigenvalue weighted by molar-refractivity contribution is -0.155. The molecule has 1 aliphatic rings. The topological polar surface area (TPSA) is 151 Å². The molecule has 212 valence electrons. The Balaban J connectivity index is 1.85. The first-order valence-electron chi connectivity index (χ1n) is 13.0. The maximum atomic E-state index is 12.8. The molecule has 39 heavy (non-hydrogen) atoms. The Morgan fingerprint density at radius 2 is 1.51 bits per heavy atom. The van der Waals surface area contributed by atoms with Crippen LogP contribution in [0.4, 0.5) is 5.69 Å². The summed E-state index contributed by atoms with van der Waals surface area (Å²) in [6.07, 6.45) is 2.78. The number of ether oxygens (including phenoxy) is 1. The second kappa shape index (κ2) is 13.7. The molecule has 0 aromatic heterocycles. The number of amides is 5. The Morgan fingerprint density at radius 3 is 2.05 bits per heavy atom. The fourth-order valence-corrected chi connectivity index (χ4v) is 3.44. The van der Waals surface area contributed by atoms with E-state index in [1.165, 1.54) is 6.92 Å². The molecule has 3 N–H and O–H groups in total. The first-order chi connectivity index (χ1) is 18.2. The van der Waals surface area contributed by atoms with Gasteiger partial charge in [0.2, 0.25) is 17.7 Å². The van der Waals surface area contributed by atoms with Crippen molar-refractivity contribution in [1.82, 2.24) is 15.5 Å². The third-order valence-electron chi connectivity index (χ3n) is 6.51. The van der Waals surface area contributed by atoms with Gasteiger partial charge in [0, 0.05) is 30.8 Å². The predicted octanol–water partition coefficient (Wildman–Crippen LogP) is 2.07. The van der Waals surface area contributed by atoms with Crippen molar-refractivity contribution in [1.29, 1.82) is 0 Å². The van der Waals surface area contributed by atoms with Crippen LogP contribution >= 0.6 is 0 Å². The fraction of sp³-hybridized carbons (Fsp3) is 0.500. The molecule has 0 unspecified atom stereocenters. The molecule has 0 saturated carbocycles. The van der Waals surface area contributed by atoms with E-state index < -0.39 is 47.0 Å². The van der Waals surface area contributed by atoms with E-state index in [1.807, 2.05) is 20.8 Å². The summed E-state index contributed by atoms with van der Waals surface area (Å²) >= 11 is 0. The number of hydrogen-bond donors (Lipinski definition) is 3. The third kappa shape index (κ3) is 9.05. The molecule has 1 aliphatic heterocycles. The highest BCUT2D eigenvalue weighted by Crippen LogP contribution is 2.22. The molecule has 0 spiro atoms. The number of esters is 1. The first kappa shape index (κ1) is 31.2. The van der Waals surface area contributed by atoms with Crippen LogP contribution in [-0.4, -0.2) is 59.0 Å². The lowest BCUT2D eigenvalue weighted by Gasteiger charge is -2.24. The van der Waals surface area contributed by atoms with Gasteiger partial charge in [-0.25, -0.2) is 0 Å². The van der Waals surface area contributed by atoms with Crippen molar-refractivity contribution >= 4 is 41.2 Å². The van der Waals surface area contributed by atoms with Crippen LogP contribution in [-0.2, 0) is 40.1 Å². The molecule has 1 aromatic rings. The van der Waals surface area contributed by atoms with E-state index in [0.717, 1.165) is 22.6 Å². The van der Waals surface area contributed by atoms with Gasteiger partial charge in [-0.3, -0.25) is 33.7 Å². The smallest absolute Gasteiger partial charge is 0.311 e. The number of benzene rings is 1. The van der Waals surface area contributed by atoms with Crippen molar-refractivity contribution < 1.29 is 33.5 Å². The summed E-state index contributed by atoms with van der Waals surface area (Å²) in [5, 5.41) is 7.94. The van der Waals surface area contributed by atoms with Crippen LogP contribution in [0.3, 0.4) is 0 Å². The zero-order valence-electron chi connectivity index (χ0n) is 23.3. The van der Waals surface area contributed by atoms with Crippen molar-refractivity contribution in [2.45, 2.75) is 73.1 Å². The van der Waals surface area contributed by atoms with Crippen LogP contribution in [0.5, 0.6) is 0 Å². The van der Waals surface area contributed by atoms with E-state index in [0.29, 0.717) is 12.1 Å². The van der Waals surface area contributed by atoms with Gasteiger partial charge in [0.25, 0.3) is 11.8 Å². The molecule has 0 bridgehead atoms. The molecule has 5 amide bonds. The lowest BCUT2D eigenvalue weighted by Crippen LogP contribution is -2.54. The minimum Gasteiger partial charge on any atom is -0.460 e. The number of carbonyl (C=O) groups excluding carboxylic acids is 6. The Bertz CT molecular complexity index is 1110. The van der Waals surface area contributed by atoms with E-state index in [1.54, 1.807) is 38.1 Å². The number of rotatable bonds is 13. The minimum absolute atomic E-state index is 0.0975. The number of anilines is 1. The fourth-order valence-electron chi connectivity index (χ4n) is 3.44. The van der Waals surface area contributed by atoms with E-state index in [-0.39, 0.29) is 31.5 Å². The SMILES string of the molecule is CCC(C)(C)C(=O)OCc1ccc(NC(=O)[C@H](C)NC(=O)[C@@H](NC(=O)CCN2C(=O)C=CC2=O)C(C)C)cc1. The summed E-state index contributed by atoms with van der Waals surface area (Å²) in [5.74, 6) is -3.04. The van der Waals surface area contributed by atoms with Crippen molar-refractivity contribution in [3.8, 4) is 0 Å². The van der Waals surface area contributed by atoms with Crippen molar-refractivity contribution in [3.05, 3.63) is 42.0 Å². The number of hydrogen-bond acceptors (Lipinski definition) is 7. The Hall–Kier alpha value is -4.02. The van der Waals surface area contributed by atoms with E-state index in [4.69, 9.17) is 4.74 Å². The van der Waals surface area contributed by atoms with Gasteiger partial charge in [-0.15, -0.1) is 0 Å². The van der Waals surface area contributed by atoms with Gasteiger partial charge in [-0.1, -0.05) is 32.9 Å². The van der Waals surface area contributed by atoms with Crippen molar-refractivity contribution in [2.75, 3.05) is 11.9 Å². The number of nitrogens with one attached hydrogen (secondary N) is 3. The van der Waals surface area contributed by atoms with Crippen molar-refractivity contribution in [2.24, 2.45) is 11.3 Å². The second-order valence-corrected chi connectivity index (χ2v) is 10.4. The molecule has 11 heteroatoms. The van der Waals surface area contributed by atoms with Crippen molar-refractivity contribution in [3.63, 3.8) is 0 Å². The molecule has 11 nitrogen and oxygen atoms in total. The second-order valence-electron chi connectivity index (χ2n) is 10.4. The zero-order valence-corrected chi connectivity index (χ0v) is 23.3. The predicted molar refractivity (Wildman–Crippen MR) is 144 cm³/mol. The molecular weight excluding hydrogens is 504 g/mol. The maximum absolute atomic E-state index is 12.8. The Kier molecular flexibility index (Phi) is 10.9. The summed E-state index contributed by atoms with van der Waals surface area (Å²) in [6.45, 7) is 10.6. The van der Waals surface area contributed by atoms with Gasteiger partial charge < -0.3 is 20.7 Å². The van der Waals surface area contributed by atoms with Gasteiger partial charge in [-0.05, 0) is 50.8 Å². The normalized spacial score (nSPS) is 14.7. The van der Waals surface area contributed by atoms with Crippen LogP contribution in [0.25, 0.3) is 0 Å². The van der Waals surface area contributed by atoms with Gasteiger partial charge in [0.05, 0.1) is 5.41 Å². The molecule has 0 radical (unpaired) electrons. The third-order valence-corrected chi connectivity index (χ3v) is 6.51. The van der Waals surface area contributed by atoms with Gasteiger partial charge in [0.15, 0.2) is 0 Å². The highest BCUT2D eigenvalue weighted by molar-refractivity contribution is 6.13. The molecule has 0 fully saturated rings. The van der Waals surface area contributed by atoms with Crippen LogP contribution in [0.15, 0.2) is 36.4 Å². The number of nitrogens with zero attached hydrogens (tertiary/aromatic N) is 1. The van der Waals surface area contributed by atoms with E-state index in [9.17, 15) is 28.8 Å². The molecule has 0 aliphatic carbocycles. The van der Waals surface area contributed by atoms with Gasteiger partial charge >= 0.3 is 5.97 Å². The molecule has 1 aromatic carbocycles. The Morgan fingerprint density at radius 1 is 0.923 bits per heavy atom. The maximum Gasteiger partial charge on any atom is 0.311 e. The monoisotopic (exact) mass is 542 g/mol. The molecule has 1 heterocycles. The first-order valence-corrected chi connectivity index (χ1v) is 13.0. The quantitative estimate of drug-likeness (QED) is 0.255. The minimum atomic E-state index is -0.921. The summed E-state index contributed by atoms with van der Waals surface area (Å²) in [6, 6.07) is 4.98.